The summed E-state index contributed by atoms with van der Waals surface area (Å²) in [7, 11) is -3.57. The van der Waals surface area contributed by atoms with Gasteiger partial charge in [-0.05, 0) is 72.7 Å². The van der Waals surface area contributed by atoms with Crippen molar-refractivity contribution in [3.63, 3.8) is 0 Å². The second kappa shape index (κ2) is 6.79. The van der Waals surface area contributed by atoms with Crippen molar-refractivity contribution < 1.29 is 13.2 Å². The third-order valence-corrected chi connectivity index (χ3v) is 7.08. The van der Waals surface area contributed by atoms with Crippen LogP contribution in [0.1, 0.15) is 47.2 Å². The molecule has 5 nitrogen and oxygen atoms in total. The number of carbonyl (C=O) groups excluding carboxylic acids is 1. The van der Waals surface area contributed by atoms with Crippen LogP contribution in [0.2, 0.25) is 0 Å². The molecule has 4 rings (SSSR count). The molecule has 26 heavy (non-hydrogen) atoms. The Bertz CT molecular complexity index is 914. The molecule has 2 aromatic rings. The smallest absolute Gasteiger partial charge is 0.254 e. The summed E-state index contributed by atoms with van der Waals surface area (Å²) in [6.07, 6.45) is 3.78. The van der Waals surface area contributed by atoms with Gasteiger partial charge in [-0.2, -0.15) is 11.3 Å². The molecule has 0 aliphatic heterocycles. The third kappa shape index (κ3) is 3.84. The van der Waals surface area contributed by atoms with Crippen molar-refractivity contribution in [3.8, 4) is 0 Å². The Morgan fingerprint density at radius 1 is 1.23 bits per heavy atom. The lowest BCUT2D eigenvalue weighted by atomic mass is 10.1. The fourth-order valence-corrected chi connectivity index (χ4v) is 4.96. The molecule has 0 atom stereocenters. The highest BCUT2D eigenvalue weighted by atomic mass is 32.2. The van der Waals surface area contributed by atoms with Gasteiger partial charge in [-0.15, -0.1) is 0 Å². The first-order chi connectivity index (χ1) is 12.4. The van der Waals surface area contributed by atoms with E-state index in [-0.39, 0.29) is 22.9 Å². The lowest BCUT2D eigenvalue weighted by Crippen LogP contribution is -2.33. The molecule has 1 N–H and O–H groups in total. The molecule has 2 fully saturated rings. The topological polar surface area (TPSA) is 66.5 Å². The fraction of sp³-hybridized carbons (Fsp3) is 0.421. The average molecular weight is 391 g/mol. The maximum Gasteiger partial charge on any atom is 0.254 e. The van der Waals surface area contributed by atoms with Crippen molar-refractivity contribution in [2.45, 2.75) is 56.1 Å². The Morgan fingerprint density at radius 3 is 2.62 bits per heavy atom. The average Bonchev–Trinajstić information content (AvgIpc) is 3.53. The summed E-state index contributed by atoms with van der Waals surface area (Å²) in [5.41, 5.74) is 2.40. The molecule has 138 valence electrons. The van der Waals surface area contributed by atoms with E-state index in [1.807, 2.05) is 23.3 Å². The molecule has 1 amide bonds. The van der Waals surface area contributed by atoms with Gasteiger partial charge in [0.05, 0.1) is 4.90 Å². The zero-order valence-corrected chi connectivity index (χ0v) is 16.3. The number of benzene rings is 1. The van der Waals surface area contributed by atoms with Gasteiger partial charge in [-0.25, -0.2) is 13.1 Å². The van der Waals surface area contributed by atoms with Crippen LogP contribution in [0.15, 0.2) is 39.9 Å². The minimum atomic E-state index is -3.57. The summed E-state index contributed by atoms with van der Waals surface area (Å²) < 4.78 is 27.7. The van der Waals surface area contributed by atoms with E-state index in [0.717, 1.165) is 36.8 Å². The van der Waals surface area contributed by atoms with Gasteiger partial charge in [0.1, 0.15) is 0 Å². The maximum atomic E-state index is 13.2. The minimum Gasteiger partial charge on any atom is -0.331 e. The summed E-state index contributed by atoms with van der Waals surface area (Å²) in [5.74, 6) is -0.0836. The standard InChI is InChI=1S/C19H22N2O3S2/c1-13-2-7-17(26(23,24)20-15-3-4-15)10-18(13)19(22)21(16-5-6-16)11-14-8-9-25-12-14/h2,7-10,12,15-16,20H,3-6,11H2,1H3. The summed E-state index contributed by atoms with van der Waals surface area (Å²) in [6.45, 7) is 2.43. The zero-order chi connectivity index (χ0) is 18.3. The summed E-state index contributed by atoms with van der Waals surface area (Å²) in [6, 6.07) is 7.17. The highest BCUT2D eigenvalue weighted by molar-refractivity contribution is 7.89. The second-order valence-corrected chi connectivity index (χ2v) is 9.66. The molecule has 0 spiro atoms. The molecule has 2 aliphatic carbocycles. The van der Waals surface area contributed by atoms with E-state index in [9.17, 15) is 13.2 Å². The number of rotatable bonds is 7. The van der Waals surface area contributed by atoms with E-state index in [1.54, 1.807) is 23.5 Å². The van der Waals surface area contributed by atoms with Crippen LogP contribution >= 0.6 is 11.3 Å². The minimum absolute atomic E-state index is 0.0435. The maximum absolute atomic E-state index is 13.2. The van der Waals surface area contributed by atoms with Crippen molar-refractivity contribution in [1.82, 2.24) is 9.62 Å². The van der Waals surface area contributed by atoms with Gasteiger partial charge in [0.2, 0.25) is 10.0 Å². The monoisotopic (exact) mass is 390 g/mol. The molecule has 1 heterocycles. The number of hydrogen-bond donors (Lipinski definition) is 1. The van der Waals surface area contributed by atoms with E-state index in [0.29, 0.717) is 12.1 Å². The fourth-order valence-electron chi connectivity index (χ4n) is 2.97. The Morgan fingerprint density at radius 2 is 2.00 bits per heavy atom. The van der Waals surface area contributed by atoms with Crippen LogP contribution in [-0.2, 0) is 16.6 Å². The van der Waals surface area contributed by atoms with Crippen LogP contribution in [-0.4, -0.2) is 31.3 Å². The van der Waals surface area contributed by atoms with E-state index in [1.165, 1.54) is 6.07 Å². The Hall–Kier alpha value is -1.70. The molecule has 2 saturated carbocycles. The predicted molar refractivity (Wildman–Crippen MR) is 102 cm³/mol. The molecule has 1 aromatic carbocycles. The molecule has 0 unspecified atom stereocenters. The van der Waals surface area contributed by atoms with Gasteiger partial charge in [-0.1, -0.05) is 6.07 Å². The van der Waals surface area contributed by atoms with Crippen LogP contribution < -0.4 is 4.72 Å². The lowest BCUT2D eigenvalue weighted by molar-refractivity contribution is 0.0729. The Labute approximate surface area is 158 Å². The van der Waals surface area contributed by atoms with Crippen LogP contribution in [0.5, 0.6) is 0 Å². The number of thiophene rings is 1. The van der Waals surface area contributed by atoms with Crippen LogP contribution in [0.3, 0.4) is 0 Å². The van der Waals surface area contributed by atoms with Gasteiger partial charge >= 0.3 is 0 Å². The first-order valence-corrected chi connectivity index (χ1v) is 11.3. The summed E-state index contributed by atoms with van der Waals surface area (Å²) in [5, 5.41) is 4.06. The number of nitrogens with zero attached hydrogens (tertiary/aromatic N) is 1. The van der Waals surface area contributed by atoms with Crippen molar-refractivity contribution in [2.75, 3.05) is 0 Å². The largest absolute Gasteiger partial charge is 0.331 e. The van der Waals surface area contributed by atoms with E-state index < -0.39 is 10.0 Å². The SMILES string of the molecule is Cc1ccc(S(=O)(=O)NC2CC2)cc1C(=O)N(Cc1ccsc1)C1CC1. The van der Waals surface area contributed by atoms with Gasteiger partial charge in [0, 0.05) is 24.2 Å². The third-order valence-electron chi connectivity index (χ3n) is 4.83. The Balaban J connectivity index is 1.62. The highest BCUT2D eigenvalue weighted by Crippen LogP contribution is 2.31. The number of nitrogens with one attached hydrogen (secondary N) is 1. The van der Waals surface area contributed by atoms with E-state index in [2.05, 4.69) is 10.1 Å². The molecule has 0 radical (unpaired) electrons. The van der Waals surface area contributed by atoms with Gasteiger partial charge in [0.15, 0.2) is 0 Å². The molecule has 0 bridgehead atoms. The lowest BCUT2D eigenvalue weighted by Gasteiger charge is -2.23. The van der Waals surface area contributed by atoms with E-state index >= 15 is 0 Å². The number of amides is 1. The zero-order valence-electron chi connectivity index (χ0n) is 14.6. The first kappa shape index (κ1) is 17.7. The van der Waals surface area contributed by atoms with Crippen molar-refractivity contribution in [1.29, 1.82) is 0 Å². The molecule has 1 aromatic heterocycles. The molecular formula is C19H22N2O3S2. The number of hydrogen-bond acceptors (Lipinski definition) is 4. The number of carbonyl (C=O) groups is 1. The Kier molecular flexibility index (Phi) is 4.62. The number of aryl methyl sites for hydroxylation is 1. The molecular weight excluding hydrogens is 368 g/mol. The molecule has 2 aliphatic rings. The predicted octanol–water partition coefficient (Wildman–Crippen LogP) is 3.30. The van der Waals surface area contributed by atoms with Crippen molar-refractivity contribution in [2.24, 2.45) is 0 Å². The van der Waals surface area contributed by atoms with Crippen molar-refractivity contribution >= 4 is 27.3 Å². The summed E-state index contributed by atoms with van der Waals surface area (Å²) >= 11 is 1.62. The second-order valence-electron chi connectivity index (χ2n) is 7.17. The molecule has 0 saturated heterocycles. The van der Waals surface area contributed by atoms with Crippen LogP contribution in [0.25, 0.3) is 0 Å². The van der Waals surface area contributed by atoms with Crippen LogP contribution in [0, 0.1) is 6.92 Å². The highest BCUT2D eigenvalue weighted by Gasteiger charge is 2.34. The normalized spacial score (nSPS) is 17.3. The summed E-state index contributed by atoms with van der Waals surface area (Å²) in [4.78, 5) is 15.3. The van der Waals surface area contributed by atoms with Gasteiger partial charge in [-0.3, -0.25) is 4.79 Å². The van der Waals surface area contributed by atoms with E-state index in [4.69, 9.17) is 0 Å². The quantitative estimate of drug-likeness (QED) is 0.789. The molecule has 7 heteroatoms. The van der Waals surface area contributed by atoms with Gasteiger partial charge in [0.25, 0.3) is 5.91 Å². The van der Waals surface area contributed by atoms with Crippen LogP contribution in [0.4, 0.5) is 0 Å². The number of sulfonamides is 1. The van der Waals surface area contributed by atoms with Gasteiger partial charge < -0.3 is 4.90 Å². The van der Waals surface area contributed by atoms with Crippen molar-refractivity contribution in [3.05, 3.63) is 51.7 Å². The first-order valence-electron chi connectivity index (χ1n) is 8.89.